The van der Waals surface area contributed by atoms with E-state index in [1.165, 1.54) is 15.6 Å². The highest BCUT2D eigenvalue weighted by atomic mass is 35.5. The SMILES string of the molecule is O=C(CCn1nc(-c2cccc(Cl)c2)ccc1=O)NCCc1cccs1. The van der Waals surface area contributed by atoms with Gasteiger partial charge in [-0.15, -0.1) is 11.3 Å². The van der Waals surface area contributed by atoms with Gasteiger partial charge in [0.15, 0.2) is 0 Å². The predicted octanol–water partition coefficient (Wildman–Crippen LogP) is 3.37. The van der Waals surface area contributed by atoms with E-state index in [1.807, 2.05) is 29.6 Å². The summed E-state index contributed by atoms with van der Waals surface area (Å²) < 4.78 is 1.31. The number of hydrogen-bond donors (Lipinski definition) is 1. The summed E-state index contributed by atoms with van der Waals surface area (Å²) in [6.07, 6.45) is 1.02. The number of hydrogen-bond acceptors (Lipinski definition) is 4. The highest BCUT2D eigenvalue weighted by Gasteiger charge is 2.07. The van der Waals surface area contributed by atoms with Gasteiger partial charge in [0.25, 0.3) is 5.56 Å². The first-order valence-corrected chi connectivity index (χ1v) is 9.51. The van der Waals surface area contributed by atoms with Gasteiger partial charge in [0.05, 0.1) is 12.2 Å². The van der Waals surface area contributed by atoms with E-state index in [4.69, 9.17) is 11.6 Å². The van der Waals surface area contributed by atoms with Gasteiger partial charge >= 0.3 is 0 Å². The van der Waals surface area contributed by atoms with Crippen molar-refractivity contribution in [2.24, 2.45) is 0 Å². The number of nitrogens with zero attached hydrogens (tertiary/aromatic N) is 2. The van der Waals surface area contributed by atoms with Crippen LogP contribution in [-0.4, -0.2) is 22.2 Å². The average Bonchev–Trinajstić information content (AvgIpc) is 3.14. The van der Waals surface area contributed by atoms with Crippen molar-refractivity contribution in [1.82, 2.24) is 15.1 Å². The van der Waals surface area contributed by atoms with Crippen LogP contribution in [0.25, 0.3) is 11.3 Å². The third-order valence-electron chi connectivity index (χ3n) is 3.81. The topological polar surface area (TPSA) is 64.0 Å². The zero-order valence-electron chi connectivity index (χ0n) is 14.0. The molecule has 0 saturated carbocycles. The number of aromatic nitrogens is 2. The number of aryl methyl sites for hydroxylation is 1. The van der Waals surface area contributed by atoms with Crippen molar-refractivity contribution in [3.8, 4) is 11.3 Å². The van der Waals surface area contributed by atoms with Crippen molar-refractivity contribution >= 4 is 28.8 Å². The molecule has 0 fully saturated rings. The van der Waals surface area contributed by atoms with Gasteiger partial charge in [0, 0.05) is 34.5 Å². The van der Waals surface area contributed by atoms with Gasteiger partial charge in [-0.05, 0) is 36.1 Å². The normalized spacial score (nSPS) is 10.7. The number of halogens is 1. The lowest BCUT2D eigenvalue weighted by atomic mass is 10.1. The van der Waals surface area contributed by atoms with Crippen LogP contribution in [0.4, 0.5) is 0 Å². The molecule has 2 aromatic heterocycles. The molecule has 0 aliphatic rings. The molecule has 1 aromatic carbocycles. The Morgan fingerprint density at radius 1 is 1.19 bits per heavy atom. The second kappa shape index (κ2) is 8.78. The van der Waals surface area contributed by atoms with Gasteiger partial charge in [-0.25, -0.2) is 4.68 Å². The third kappa shape index (κ3) is 5.03. The highest BCUT2D eigenvalue weighted by Crippen LogP contribution is 2.19. The van der Waals surface area contributed by atoms with Crippen molar-refractivity contribution in [3.05, 3.63) is 74.2 Å². The number of carbonyl (C=O) groups excluding carboxylic acids is 1. The first-order valence-electron chi connectivity index (χ1n) is 8.25. The monoisotopic (exact) mass is 387 g/mol. The van der Waals surface area contributed by atoms with Gasteiger partial charge < -0.3 is 5.32 Å². The minimum atomic E-state index is -0.234. The molecule has 134 valence electrons. The van der Waals surface area contributed by atoms with Gasteiger partial charge in [0.1, 0.15) is 0 Å². The Hall–Kier alpha value is -2.44. The Balaban J connectivity index is 1.58. The lowest BCUT2D eigenvalue weighted by Gasteiger charge is -2.08. The molecule has 3 rings (SSSR count). The smallest absolute Gasteiger partial charge is 0.266 e. The fourth-order valence-electron chi connectivity index (χ4n) is 2.49. The van der Waals surface area contributed by atoms with Crippen molar-refractivity contribution < 1.29 is 4.79 Å². The summed E-state index contributed by atoms with van der Waals surface area (Å²) in [5.74, 6) is -0.0941. The van der Waals surface area contributed by atoms with Crippen LogP contribution in [0.1, 0.15) is 11.3 Å². The third-order valence-corrected chi connectivity index (χ3v) is 4.98. The van der Waals surface area contributed by atoms with Crippen LogP contribution >= 0.6 is 22.9 Å². The minimum absolute atomic E-state index is 0.0941. The molecule has 0 spiro atoms. The molecule has 0 aliphatic carbocycles. The maximum Gasteiger partial charge on any atom is 0.266 e. The van der Waals surface area contributed by atoms with Crippen LogP contribution < -0.4 is 10.9 Å². The molecule has 0 radical (unpaired) electrons. The van der Waals surface area contributed by atoms with Crippen LogP contribution in [0, 0.1) is 0 Å². The van der Waals surface area contributed by atoms with Crippen molar-refractivity contribution in [3.63, 3.8) is 0 Å². The summed E-state index contributed by atoms with van der Waals surface area (Å²) in [5.41, 5.74) is 1.24. The van der Waals surface area contributed by atoms with Crippen LogP contribution in [0.15, 0.2) is 58.7 Å². The van der Waals surface area contributed by atoms with Crippen LogP contribution in [-0.2, 0) is 17.8 Å². The van der Waals surface area contributed by atoms with E-state index in [0.717, 1.165) is 12.0 Å². The van der Waals surface area contributed by atoms with Crippen molar-refractivity contribution in [1.29, 1.82) is 0 Å². The van der Waals surface area contributed by atoms with Crippen molar-refractivity contribution in [2.45, 2.75) is 19.4 Å². The molecule has 1 N–H and O–H groups in total. The van der Waals surface area contributed by atoms with Gasteiger partial charge in [-0.3, -0.25) is 9.59 Å². The molecule has 0 unspecified atom stereocenters. The lowest BCUT2D eigenvalue weighted by Crippen LogP contribution is -2.29. The molecule has 5 nitrogen and oxygen atoms in total. The maximum absolute atomic E-state index is 12.0. The Bertz CT molecular complexity index is 938. The maximum atomic E-state index is 12.0. The van der Waals surface area contributed by atoms with Gasteiger partial charge in [0.2, 0.25) is 5.91 Å². The zero-order chi connectivity index (χ0) is 18.4. The molecular weight excluding hydrogens is 370 g/mol. The number of thiophene rings is 1. The number of rotatable bonds is 7. The van der Waals surface area contributed by atoms with Crippen LogP contribution in [0.2, 0.25) is 5.02 Å². The molecule has 7 heteroatoms. The second-order valence-corrected chi connectivity index (χ2v) is 7.19. The highest BCUT2D eigenvalue weighted by molar-refractivity contribution is 7.09. The largest absolute Gasteiger partial charge is 0.356 e. The van der Waals surface area contributed by atoms with Crippen LogP contribution in [0.5, 0.6) is 0 Å². The van der Waals surface area contributed by atoms with E-state index in [2.05, 4.69) is 10.4 Å². The average molecular weight is 388 g/mol. The summed E-state index contributed by atoms with van der Waals surface area (Å²) in [7, 11) is 0. The number of carbonyl (C=O) groups is 1. The van der Waals surface area contributed by atoms with E-state index >= 15 is 0 Å². The molecule has 0 saturated heterocycles. The van der Waals surface area contributed by atoms with Gasteiger partial charge in [-0.1, -0.05) is 29.8 Å². The van der Waals surface area contributed by atoms with E-state index in [-0.39, 0.29) is 24.4 Å². The van der Waals surface area contributed by atoms with E-state index in [9.17, 15) is 9.59 Å². The molecule has 1 amide bonds. The molecule has 26 heavy (non-hydrogen) atoms. The summed E-state index contributed by atoms with van der Waals surface area (Å²) in [6, 6.07) is 14.4. The molecule has 2 heterocycles. The predicted molar refractivity (Wildman–Crippen MR) is 105 cm³/mol. The van der Waals surface area contributed by atoms with Gasteiger partial charge in [-0.2, -0.15) is 5.10 Å². The van der Waals surface area contributed by atoms with E-state index in [0.29, 0.717) is 17.3 Å². The summed E-state index contributed by atoms with van der Waals surface area (Å²) >= 11 is 7.68. The molecule has 3 aromatic rings. The summed E-state index contributed by atoms with van der Waals surface area (Å²) in [4.78, 5) is 25.2. The Kier molecular flexibility index (Phi) is 6.20. The Labute approximate surface area is 160 Å². The fraction of sp³-hybridized carbons (Fsp3) is 0.211. The molecular formula is C19H18ClN3O2S. The minimum Gasteiger partial charge on any atom is -0.356 e. The standard InChI is InChI=1S/C19H18ClN3O2S/c20-15-4-1-3-14(13-15)17-6-7-19(25)23(22-17)11-9-18(24)21-10-8-16-5-2-12-26-16/h1-7,12-13H,8-11H2,(H,21,24). The number of nitrogens with one attached hydrogen (secondary N) is 1. The lowest BCUT2D eigenvalue weighted by molar-refractivity contribution is -0.121. The van der Waals surface area contributed by atoms with E-state index < -0.39 is 0 Å². The van der Waals surface area contributed by atoms with Crippen LogP contribution in [0.3, 0.4) is 0 Å². The quantitative estimate of drug-likeness (QED) is 0.676. The Morgan fingerprint density at radius 2 is 2.08 bits per heavy atom. The molecule has 0 bridgehead atoms. The number of amides is 1. The fourth-order valence-corrected chi connectivity index (χ4v) is 3.39. The molecule has 0 aliphatic heterocycles. The van der Waals surface area contributed by atoms with Crippen molar-refractivity contribution in [2.75, 3.05) is 6.54 Å². The molecule has 0 atom stereocenters. The summed E-state index contributed by atoms with van der Waals surface area (Å²) in [5, 5.41) is 9.84. The first kappa shape index (κ1) is 18.4. The first-order chi connectivity index (χ1) is 12.6. The zero-order valence-corrected chi connectivity index (χ0v) is 15.6. The number of benzene rings is 1. The van der Waals surface area contributed by atoms with E-state index in [1.54, 1.807) is 29.5 Å². The second-order valence-electron chi connectivity index (χ2n) is 5.72. The Morgan fingerprint density at radius 3 is 2.85 bits per heavy atom. The summed E-state index contributed by atoms with van der Waals surface area (Å²) in [6.45, 7) is 0.822.